The van der Waals surface area contributed by atoms with E-state index in [2.05, 4.69) is 15.6 Å². The van der Waals surface area contributed by atoms with Crippen molar-refractivity contribution < 1.29 is 14.3 Å². The van der Waals surface area contributed by atoms with Crippen LogP contribution in [0.2, 0.25) is 0 Å². The number of carbonyl (C=O) groups excluding carboxylic acids is 1. The molecule has 0 aromatic heterocycles. The first-order chi connectivity index (χ1) is 14.1. The Labute approximate surface area is 195 Å². The second kappa shape index (κ2) is 13.7. The van der Waals surface area contributed by atoms with Crippen molar-refractivity contribution in [2.24, 2.45) is 4.99 Å². The van der Waals surface area contributed by atoms with E-state index in [-0.39, 0.29) is 29.9 Å². The number of nitrogens with zero attached hydrogens (tertiary/aromatic N) is 2. The largest absolute Gasteiger partial charge is 0.497 e. The number of benzene rings is 2. The van der Waals surface area contributed by atoms with E-state index in [9.17, 15) is 4.79 Å². The summed E-state index contributed by atoms with van der Waals surface area (Å²) in [7, 11) is 7.00. The standard InChI is InChI=1S/C22H30N4O3.HI/c1-23-22(25-14-8-13-24-21(27)17-9-6-5-7-10-17)26(2)16-18-11-12-19(28-3)15-20(18)29-4;/h5-7,9-12,15H,8,13-14,16H2,1-4H3,(H,23,25)(H,24,27);1H. The molecule has 30 heavy (non-hydrogen) atoms. The average molecular weight is 526 g/mol. The summed E-state index contributed by atoms with van der Waals surface area (Å²) in [5.74, 6) is 2.25. The third-order valence-electron chi connectivity index (χ3n) is 4.43. The van der Waals surface area contributed by atoms with Gasteiger partial charge in [0.25, 0.3) is 5.91 Å². The fraction of sp³-hybridized carbons (Fsp3) is 0.364. The number of guanidine groups is 1. The number of hydrogen-bond acceptors (Lipinski definition) is 4. The summed E-state index contributed by atoms with van der Waals surface area (Å²) < 4.78 is 10.7. The summed E-state index contributed by atoms with van der Waals surface area (Å²) in [6.45, 7) is 1.93. The molecule has 2 aromatic carbocycles. The number of ether oxygens (including phenoxy) is 2. The van der Waals surface area contributed by atoms with Gasteiger partial charge in [-0.3, -0.25) is 9.79 Å². The maximum absolute atomic E-state index is 12.0. The minimum atomic E-state index is -0.0568. The van der Waals surface area contributed by atoms with Crippen LogP contribution in [0.5, 0.6) is 11.5 Å². The molecule has 0 aliphatic carbocycles. The van der Waals surface area contributed by atoms with E-state index in [1.807, 2.05) is 48.3 Å². The van der Waals surface area contributed by atoms with E-state index in [0.717, 1.165) is 29.4 Å². The Kier molecular flexibility index (Phi) is 11.7. The molecule has 0 saturated heterocycles. The van der Waals surface area contributed by atoms with Crippen molar-refractivity contribution in [2.45, 2.75) is 13.0 Å². The SMILES string of the molecule is CN=C(NCCCNC(=O)c1ccccc1)N(C)Cc1ccc(OC)cc1OC.I. The second-order valence-electron chi connectivity index (χ2n) is 6.48. The summed E-state index contributed by atoms with van der Waals surface area (Å²) in [4.78, 5) is 18.4. The summed E-state index contributed by atoms with van der Waals surface area (Å²) >= 11 is 0. The van der Waals surface area contributed by atoms with E-state index >= 15 is 0 Å². The average Bonchev–Trinajstić information content (AvgIpc) is 2.76. The monoisotopic (exact) mass is 526 g/mol. The molecule has 0 saturated carbocycles. The first-order valence-electron chi connectivity index (χ1n) is 9.55. The Balaban J connectivity index is 0.00000450. The first-order valence-corrected chi connectivity index (χ1v) is 9.55. The van der Waals surface area contributed by atoms with Gasteiger partial charge in [-0.15, -0.1) is 24.0 Å². The van der Waals surface area contributed by atoms with Crippen molar-refractivity contribution in [1.82, 2.24) is 15.5 Å². The lowest BCUT2D eigenvalue weighted by atomic mass is 10.2. The minimum absolute atomic E-state index is 0. The van der Waals surface area contributed by atoms with Gasteiger partial charge in [-0.05, 0) is 30.7 Å². The Hall–Kier alpha value is -2.49. The maximum Gasteiger partial charge on any atom is 0.251 e. The highest BCUT2D eigenvalue weighted by atomic mass is 127. The predicted molar refractivity (Wildman–Crippen MR) is 131 cm³/mol. The molecule has 8 heteroatoms. The molecule has 2 N–H and O–H groups in total. The smallest absolute Gasteiger partial charge is 0.251 e. The van der Waals surface area contributed by atoms with Crippen molar-refractivity contribution in [3.05, 3.63) is 59.7 Å². The van der Waals surface area contributed by atoms with Crippen molar-refractivity contribution in [2.75, 3.05) is 41.4 Å². The molecule has 0 spiro atoms. The Morgan fingerprint density at radius 3 is 2.37 bits per heavy atom. The molecule has 0 atom stereocenters. The van der Waals surface area contributed by atoms with Crippen LogP contribution in [0, 0.1) is 0 Å². The molecule has 0 aliphatic heterocycles. The Bertz CT molecular complexity index is 815. The number of halogens is 1. The van der Waals surface area contributed by atoms with Gasteiger partial charge >= 0.3 is 0 Å². The fourth-order valence-corrected chi connectivity index (χ4v) is 2.88. The van der Waals surface area contributed by atoms with Gasteiger partial charge in [-0.1, -0.05) is 18.2 Å². The Morgan fingerprint density at radius 1 is 1.03 bits per heavy atom. The summed E-state index contributed by atoms with van der Waals surface area (Å²) in [5.41, 5.74) is 1.71. The van der Waals surface area contributed by atoms with Crippen LogP contribution in [0.4, 0.5) is 0 Å². The van der Waals surface area contributed by atoms with Crippen molar-refractivity contribution in [3.63, 3.8) is 0 Å². The molecule has 0 unspecified atom stereocenters. The molecule has 164 valence electrons. The van der Waals surface area contributed by atoms with Crippen LogP contribution >= 0.6 is 24.0 Å². The van der Waals surface area contributed by atoms with E-state index in [4.69, 9.17) is 9.47 Å². The van der Waals surface area contributed by atoms with E-state index in [1.54, 1.807) is 33.4 Å². The van der Waals surface area contributed by atoms with Gasteiger partial charge in [0.05, 0.1) is 14.2 Å². The Morgan fingerprint density at radius 2 is 1.73 bits per heavy atom. The van der Waals surface area contributed by atoms with Gasteiger partial charge in [0, 0.05) is 50.9 Å². The van der Waals surface area contributed by atoms with Gasteiger partial charge in [-0.2, -0.15) is 0 Å². The van der Waals surface area contributed by atoms with Crippen LogP contribution in [0.1, 0.15) is 22.3 Å². The molecular formula is C22H31IN4O3. The second-order valence-corrected chi connectivity index (χ2v) is 6.48. The molecule has 0 bridgehead atoms. The zero-order valence-corrected chi connectivity index (χ0v) is 20.3. The zero-order valence-electron chi connectivity index (χ0n) is 18.0. The van der Waals surface area contributed by atoms with Crippen LogP contribution < -0.4 is 20.1 Å². The molecule has 7 nitrogen and oxygen atoms in total. The van der Waals surface area contributed by atoms with Crippen LogP contribution in [0.15, 0.2) is 53.5 Å². The molecule has 0 fully saturated rings. The van der Waals surface area contributed by atoms with Crippen molar-refractivity contribution in [3.8, 4) is 11.5 Å². The highest BCUT2D eigenvalue weighted by Gasteiger charge is 2.11. The normalized spacial score (nSPS) is 10.6. The van der Waals surface area contributed by atoms with Gasteiger partial charge in [0.2, 0.25) is 0 Å². The molecule has 0 aliphatic rings. The third-order valence-corrected chi connectivity index (χ3v) is 4.43. The summed E-state index contributed by atoms with van der Waals surface area (Å²) in [6.07, 6.45) is 0.789. The zero-order chi connectivity index (χ0) is 21.1. The lowest BCUT2D eigenvalue weighted by Crippen LogP contribution is -2.39. The van der Waals surface area contributed by atoms with E-state index in [0.29, 0.717) is 25.2 Å². The molecule has 2 rings (SSSR count). The highest BCUT2D eigenvalue weighted by Crippen LogP contribution is 2.25. The number of rotatable bonds is 9. The minimum Gasteiger partial charge on any atom is -0.497 e. The number of hydrogen-bond donors (Lipinski definition) is 2. The first kappa shape index (κ1) is 25.5. The van der Waals surface area contributed by atoms with E-state index in [1.165, 1.54) is 0 Å². The lowest BCUT2D eigenvalue weighted by Gasteiger charge is -2.23. The van der Waals surface area contributed by atoms with Gasteiger partial charge < -0.3 is 25.0 Å². The number of amides is 1. The van der Waals surface area contributed by atoms with Crippen LogP contribution in [0.3, 0.4) is 0 Å². The number of aliphatic imine (C=N–C) groups is 1. The van der Waals surface area contributed by atoms with Gasteiger partial charge in [-0.25, -0.2) is 0 Å². The maximum atomic E-state index is 12.0. The molecular weight excluding hydrogens is 495 g/mol. The fourth-order valence-electron chi connectivity index (χ4n) is 2.88. The third kappa shape index (κ3) is 7.74. The van der Waals surface area contributed by atoms with Gasteiger partial charge in [0.15, 0.2) is 5.96 Å². The predicted octanol–water partition coefficient (Wildman–Crippen LogP) is 3.15. The molecule has 0 radical (unpaired) electrons. The summed E-state index contributed by atoms with van der Waals surface area (Å²) in [6, 6.07) is 15.0. The van der Waals surface area contributed by atoms with Crippen molar-refractivity contribution in [1.29, 1.82) is 0 Å². The molecule has 1 amide bonds. The van der Waals surface area contributed by atoms with Gasteiger partial charge in [0.1, 0.15) is 11.5 Å². The number of carbonyl (C=O) groups is 1. The number of nitrogens with one attached hydrogen (secondary N) is 2. The lowest BCUT2D eigenvalue weighted by molar-refractivity contribution is 0.0953. The summed E-state index contributed by atoms with van der Waals surface area (Å²) in [5, 5.41) is 6.25. The quantitative estimate of drug-likeness (QED) is 0.227. The highest BCUT2D eigenvalue weighted by molar-refractivity contribution is 14.0. The molecule has 2 aromatic rings. The van der Waals surface area contributed by atoms with E-state index < -0.39 is 0 Å². The van der Waals surface area contributed by atoms with Crippen LogP contribution in [0.25, 0.3) is 0 Å². The van der Waals surface area contributed by atoms with Crippen LogP contribution in [-0.2, 0) is 6.54 Å². The van der Waals surface area contributed by atoms with Crippen LogP contribution in [-0.4, -0.2) is 58.2 Å². The topological polar surface area (TPSA) is 75.2 Å². The van der Waals surface area contributed by atoms with Crippen molar-refractivity contribution >= 4 is 35.8 Å². The number of methoxy groups -OCH3 is 2. The molecule has 0 heterocycles.